The fraction of sp³-hybridized carbons (Fsp3) is 0.889. The Kier molecular flexibility index (Phi) is 7.39. The molecule has 0 atom stereocenters. The van der Waals surface area contributed by atoms with Crippen molar-refractivity contribution in [2.45, 2.75) is 19.8 Å². The van der Waals surface area contributed by atoms with Gasteiger partial charge in [-0.05, 0) is 20.5 Å². The molecule has 0 aliphatic rings. The van der Waals surface area contributed by atoms with Gasteiger partial charge in [0.25, 0.3) is 0 Å². The lowest BCUT2D eigenvalue weighted by atomic mass is 10.3. The van der Waals surface area contributed by atoms with Crippen molar-refractivity contribution in [2.75, 3.05) is 33.8 Å². The standard InChI is InChI=1S/C9H20N2O2/c1-4-5-6-10-9(12)13-8-7-11(2)3/h4-8H2,1-3H3,(H,10,12). The van der Waals surface area contributed by atoms with Gasteiger partial charge in [-0.15, -0.1) is 0 Å². The highest BCUT2D eigenvalue weighted by Gasteiger charge is 1.99. The molecule has 0 aromatic heterocycles. The Morgan fingerprint density at radius 1 is 1.46 bits per heavy atom. The van der Waals surface area contributed by atoms with Crippen LogP contribution in [0.1, 0.15) is 19.8 Å². The molecule has 0 saturated heterocycles. The lowest BCUT2D eigenvalue weighted by molar-refractivity contribution is 0.137. The highest BCUT2D eigenvalue weighted by atomic mass is 16.5. The summed E-state index contributed by atoms with van der Waals surface area (Å²) in [4.78, 5) is 12.9. The Morgan fingerprint density at radius 3 is 2.69 bits per heavy atom. The molecule has 0 aliphatic heterocycles. The number of nitrogens with zero attached hydrogens (tertiary/aromatic N) is 1. The van der Waals surface area contributed by atoms with Gasteiger partial charge in [0.05, 0.1) is 0 Å². The van der Waals surface area contributed by atoms with Crippen LogP contribution in [0.3, 0.4) is 0 Å². The third kappa shape index (κ3) is 9.14. The molecule has 1 amide bonds. The molecule has 0 bridgehead atoms. The minimum atomic E-state index is -0.310. The van der Waals surface area contributed by atoms with Crippen LogP contribution in [0.5, 0.6) is 0 Å². The van der Waals surface area contributed by atoms with E-state index in [0.717, 1.165) is 19.4 Å². The monoisotopic (exact) mass is 188 g/mol. The maximum absolute atomic E-state index is 10.9. The molecule has 0 aromatic carbocycles. The molecule has 0 saturated carbocycles. The molecule has 0 spiro atoms. The van der Waals surface area contributed by atoms with E-state index < -0.39 is 0 Å². The number of nitrogens with one attached hydrogen (secondary N) is 1. The molecule has 0 aromatic rings. The molecule has 0 aliphatic carbocycles. The molecule has 0 unspecified atom stereocenters. The van der Waals surface area contributed by atoms with Crippen molar-refractivity contribution >= 4 is 6.09 Å². The summed E-state index contributed by atoms with van der Waals surface area (Å²) in [6.07, 6.45) is 1.77. The lowest BCUT2D eigenvalue weighted by Crippen LogP contribution is -2.28. The number of carbonyl (C=O) groups is 1. The predicted octanol–water partition coefficient (Wildman–Crippen LogP) is 1.07. The van der Waals surface area contributed by atoms with Crippen LogP contribution in [0.15, 0.2) is 0 Å². The van der Waals surface area contributed by atoms with Crippen molar-refractivity contribution in [3.8, 4) is 0 Å². The van der Waals surface area contributed by atoms with Crippen LogP contribution in [-0.4, -0.2) is 44.8 Å². The highest BCUT2D eigenvalue weighted by molar-refractivity contribution is 5.66. The first-order valence-corrected chi connectivity index (χ1v) is 4.72. The Bertz CT molecular complexity index is 138. The van der Waals surface area contributed by atoms with E-state index in [4.69, 9.17) is 4.74 Å². The molecule has 0 heterocycles. The van der Waals surface area contributed by atoms with Crippen molar-refractivity contribution in [1.82, 2.24) is 10.2 Å². The molecule has 0 fully saturated rings. The number of carbonyl (C=O) groups excluding carboxylic acids is 1. The van der Waals surface area contributed by atoms with E-state index in [1.807, 2.05) is 19.0 Å². The number of likely N-dealkylation sites (N-methyl/N-ethyl adjacent to an activating group) is 1. The van der Waals surface area contributed by atoms with E-state index in [2.05, 4.69) is 12.2 Å². The number of hydrogen-bond acceptors (Lipinski definition) is 3. The van der Waals surface area contributed by atoms with Crippen molar-refractivity contribution in [2.24, 2.45) is 0 Å². The van der Waals surface area contributed by atoms with Gasteiger partial charge in [-0.25, -0.2) is 4.79 Å². The maximum atomic E-state index is 10.9. The third-order valence-corrected chi connectivity index (χ3v) is 1.57. The van der Waals surface area contributed by atoms with Crippen LogP contribution in [-0.2, 0) is 4.74 Å². The van der Waals surface area contributed by atoms with Crippen LogP contribution < -0.4 is 5.32 Å². The summed E-state index contributed by atoms with van der Waals surface area (Å²) < 4.78 is 4.91. The number of ether oxygens (including phenoxy) is 1. The zero-order valence-electron chi connectivity index (χ0n) is 8.80. The molecular weight excluding hydrogens is 168 g/mol. The lowest BCUT2D eigenvalue weighted by Gasteiger charge is -2.10. The Hall–Kier alpha value is -0.770. The second-order valence-corrected chi connectivity index (χ2v) is 3.22. The van der Waals surface area contributed by atoms with Gasteiger partial charge in [-0.2, -0.15) is 0 Å². The van der Waals surface area contributed by atoms with Crippen LogP contribution in [0.25, 0.3) is 0 Å². The van der Waals surface area contributed by atoms with Crippen LogP contribution >= 0.6 is 0 Å². The smallest absolute Gasteiger partial charge is 0.407 e. The molecule has 78 valence electrons. The number of alkyl carbamates (subject to hydrolysis) is 1. The predicted molar refractivity (Wildman–Crippen MR) is 52.8 cm³/mol. The molecule has 4 nitrogen and oxygen atoms in total. The molecule has 4 heteroatoms. The van der Waals surface area contributed by atoms with Crippen LogP contribution in [0.2, 0.25) is 0 Å². The first-order valence-electron chi connectivity index (χ1n) is 4.72. The second kappa shape index (κ2) is 7.86. The maximum Gasteiger partial charge on any atom is 0.407 e. The zero-order valence-corrected chi connectivity index (χ0v) is 8.80. The average molecular weight is 188 g/mol. The first kappa shape index (κ1) is 12.2. The van der Waals surface area contributed by atoms with Crippen molar-refractivity contribution in [1.29, 1.82) is 0 Å². The van der Waals surface area contributed by atoms with Crippen LogP contribution in [0.4, 0.5) is 4.79 Å². The number of amides is 1. The van der Waals surface area contributed by atoms with Gasteiger partial charge in [0.1, 0.15) is 6.61 Å². The number of unbranched alkanes of at least 4 members (excludes halogenated alkanes) is 1. The fourth-order valence-electron chi connectivity index (χ4n) is 0.739. The summed E-state index contributed by atoms with van der Waals surface area (Å²) in [6, 6.07) is 0. The van der Waals surface area contributed by atoms with E-state index in [1.165, 1.54) is 0 Å². The van der Waals surface area contributed by atoms with Crippen LogP contribution in [0, 0.1) is 0 Å². The first-order chi connectivity index (χ1) is 6.16. The molecular formula is C9H20N2O2. The second-order valence-electron chi connectivity index (χ2n) is 3.22. The zero-order chi connectivity index (χ0) is 10.1. The Labute approximate surface area is 80.2 Å². The largest absolute Gasteiger partial charge is 0.448 e. The van der Waals surface area contributed by atoms with Gasteiger partial charge in [0.15, 0.2) is 0 Å². The quantitative estimate of drug-likeness (QED) is 0.634. The molecule has 0 radical (unpaired) electrons. The summed E-state index contributed by atoms with van der Waals surface area (Å²) in [5, 5.41) is 2.68. The topological polar surface area (TPSA) is 41.6 Å². The molecule has 1 N–H and O–H groups in total. The summed E-state index contributed by atoms with van der Waals surface area (Å²) in [5.41, 5.74) is 0. The molecule has 0 rings (SSSR count). The summed E-state index contributed by atoms with van der Waals surface area (Å²) in [7, 11) is 3.89. The number of rotatable bonds is 6. The van der Waals surface area contributed by atoms with Gasteiger partial charge >= 0.3 is 6.09 Å². The minimum absolute atomic E-state index is 0.310. The van der Waals surface area contributed by atoms with E-state index in [-0.39, 0.29) is 6.09 Å². The van der Waals surface area contributed by atoms with Gasteiger partial charge in [-0.1, -0.05) is 13.3 Å². The molecule has 13 heavy (non-hydrogen) atoms. The van der Waals surface area contributed by atoms with Crippen molar-refractivity contribution < 1.29 is 9.53 Å². The number of hydrogen-bond donors (Lipinski definition) is 1. The SMILES string of the molecule is CCCCNC(=O)OCCN(C)C. The van der Waals surface area contributed by atoms with Gasteiger partial charge in [0.2, 0.25) is 0 Å². The van der Waals surface area contributed by atoms with E-state index in [1.54, 1.807) is 0 Å². The third-order valence-electron chi connectivity index (χ3n) is 1.57. The van der Waals surface area contributed by atoms with Crippen molar-refractivity contribution in [3.63, 3.8) is 0 Å². The fourth-order valence-corrected chi connectivity index (χ4v) is 0.739. The highest BCUT2D eigenvalue weighted by Crippen LogP contribution is 1.84. The Morgan fingerprint density at radius 2 is 2.15 bits per heavy atom. The van der Waals surface area contributed by atoms with E-state index in [0.29, 0.717) is 13.2 Å². The van der Waals surface area contributed by atoms with Gasteiger partial charge in [0, 0.05) is 13.1 Å². The average Bonchev–Trinajstić information content (AvgIpc) is 2.04. The van der Waals surface area contributed by atoms with Gasteiger partial charge in [-0.3, -0.25) is 0 Å². The summed E-state index contributed by atoms with van der Waals surface area (Å²) in [5.74, 6) is 0. The van der Waals surface area contributed by atoms with Crippen molar-refractivity contribution in [3.05, 3.63) is 0 Å². The van der Waals surface area contributed by atoms with Gasteiger partial charge < -0.3 is 15.0 Å². The van der Waals surface area contributed by atoms with E-state index in [9.17, 15) is 4.79 Å². The normalized spacial score (nSPS) is 10.2. The Balaban J connectivity index is 3.20. The van der Waals surface area contributed by atoms with E-state index >= 15 is 0 Å². The summed E-state index contributed by atoms with van der Waals surface area (Å²) >= 11 is 0. The minimum Gasteiger partial charge on any atom is -0.448 e. The summed E-state index contributed by atoms with van der Waals surface area (Å²) in [6.45, 7) is 4.00.